The number of hydrogen-bond donors (Lipinski definition) is 0. The zero-order chi connectivity index (χ0) is 36.0. The van der Waals surface area contributed by atoms with Gasteiger partial charge >= 0.3 is 5.97 Å². The molecule has 1 fully saturated rings. The molecule has 6 bridgehead atoms. The largest absolute Gasteiger partial charge is 0.490 e. The van der Waals surface area contributed by atoms with E-state index >= 15 is 0 Å². The minimum Gasteiger partial charge on any atom is -0.490 e. The van der Waals surface area contributed by atoms with E-state index in [2.05, 4.69) is 16.2 Å². The number of rotatable bonds is 3. The van der Waals surface area contributed by atoms with Crippen LogP contribution in [0.1, 0.15) is 76.7 Å². The van der Waals surface area contributed by atoms with E-state index in [1.807, 2.05) is 84.2 Å². The van der Waals surface area contributed by atoms with Crippen LogP contribution in [0.5, 0.6) is 5.75 Å². The highest BCUT2D eigenvalue weighted by Crippen LogP contribution is 2.42. The molecule has 50 heavy (non-hydrogen) atoms. The normalized spacial score (nSPS) is 21.1. The van der Waals surface area contributed by atoms with Crippen molar-refractivity contribution in [3.8, 4) is 28.1 Å². The SMILES string of the molecule is COC(=O)[C@@H](OC(C)(C)C)c1c(C)c(C)c2nc3cn2c1N1CCC(C)(CC1)OC/C=C\C[C@H](C)Oc1cc(F)c(F)cc1-c1cccc-3c1. The molecule has 4 aromatic rings. The molecule has 0 amide bonds. The molecular formula is C40H47F2N3O5. The molecule has 0 N–H and O–H groups in total. The maximum Gasteiger partial charge on any atom is 0.339 e. The lowest BCUT2D eigenvalue weighted by atomic mass is 9.92. The van der Waals surface area contributed by atoms with Crippen LogP contribution in [0.2, 0.25) is 0 Å². The Kier molecular flexibility index (Phi) is 9.81. The van der Waals surface area contributed by atoms with Gasteiger partial charge in [0.15, 0.2) is 17.7 Å². The summed E-state index contributed by atoms with van der Waals surface area (Å²) in [6, 6.07) is 9.87. The molecule has 3 aliphatic heterocycles. The number of ether oxygens (including phenoxy) is 4. The number of benzene rings is 2. The summed E-state index contributed by atoms with van der Waals surface area (Å²) in [4.78, 5) is 21.0. The summed E-state index contributed by atoms with van der Waals surface area (Å²) in [6.07, 6.45) is 6.76. The fourth-order valence-corrected chi connectivity index (χ4v) is 6.84. The van der Waals surface area contributed by atoms with Crippen LogP contribution in [-0.2, 0) is 19.0 Å². The lowest BCUT2D eigenvalue weighted by Gasteiger charge is -2.42. The summed E-state index contributed by atoms with van der Waals surface area (Å²) in [5, 5.41) is 0. The van der Waals surface area contributed by atoms with Gasteiger partial charge < -0.3 is 23.8 Å². The monoisotopic (exact) mass is 687 g/mol. The topological polar surface area (TPSA) is 74.5 Å². The number of piperidine rings is 1. The van der Waals surface area contributed by atoms with Gasteiger partial charge in [-0.3, -0.25) is 4.40 Å². The lowest BCUT2D eigenvalue weighted by molar-refractivity contribution is -0.164. The van der Waals surface area contributed by atoms with Crippen molar-refractivity contribution < 1.29 is 32.5 Å². The van der Waals surface area contributed by atoms with Crippen LogP contribution >= 0.6 is 0 Å². The van der Waals surface area contributed by atoms with Gasteiger partial charge in [-0.05, 0) is 90.1 Å². The third kappa shape index (κ3) is 7.14. The summed E-state index contributed by atoms with van der Waals surface area (Å²) in [7, 11) is 1.38. The average molecular weight is 688 g/mol. The zero-order valence-corrected chi connectivity index (χ0v) is 30.2. The number of nitrogens with zero attached hydrogens (tertiary/aromatic N) is 3. The van der Waals surface area contributed by atoms with Crippen molar-refractivity contribution in [2.24, 2.45) is 0 Å². The standard InChI is InChI=1S/C40H47F2N3O5/c1-24-12-9-10-19-48-40(7)15-17-44(18-16-40)37-34(35(38(46)47-8)50-39(4,5)6)25(2)26(3)36-43-32(23-45(36)37)28-14-11-13-27(20-28)29-21-30(41)31(42)22-33(29)49-24/h9-11,13-14,20-24,35H,12,15-19H2,1-8H3/b10-9-/t24-,35-/m0/s1. The van der Waals surface area contributed by atoms with Gasteiger partial charge in [0.2, 0.25) is 0 Å². The molecule has 0 unspecified atom stereocenters. The van der Waals surface area contributed by atoms with Gasteiger partial charge in [-0.25, -0.2) is 18.6 Å². The maximum atomic E-state index is 14.7. The van der Waals surface area contributed by atoms with E-state index in [0.717, 1.165) is 52.6 Å². The van der Waals surface area contributed by atoms with E-state index in [1.165, 1.54) is 13.2 Å². The second-order valence-corrected chi connectivity index (χ2v) is 14.7. The Hall–Kier alpha value is -4.28. The summed E-state index contributed by atoms with van der Waals surface area (Å²) in [5.74, 6) is -1.33. The molecule has 2 atom stereocenters. The maximum absolute atomic E-state index is 14.7. The van der Waals surface area contributed by atoms with E-state index in [9.17, 15) is 13.6 Å². The van der Waals surface area contributed by atoms with Crippen LogP contribution in [0.3, 0.4) is 0 Å². The number of aromatic nitrogens is 2. The van der Waals surface area contributed by atoms with Crippen molar-refractivity contribution in [1.29, 1.82) is 0 Å². The highest BCUT2D eigenvalue weighted by Gasteiger charge is 2.38. The third-order valence-electron chi connectivity index (χ3n) is 9.73. The molecule has 3 aliphatic rings. The summed E-state index contributed by atoms with van der Waals surface area (Å²) in [5.41, 5.74) is 4.84. The average Bonchev–Trinajstić information content (AvgIpc) is 3.52. The first-order chi connectivity index (χ1) is 23.7. The molecule has 8 nitrogen and oxygen atoms in total. The molecule has 0 aliphatic carbocycles. The zero-order valence-electron chi connectivity index (χ0n) is 30.2. The van der Waals surface area contributed by atoms with Gasteiger partial charge in [0.1, 0.15) is 17.2 Å². The smallest absolute Gasteiger partial charge is 0.339 e. The van der Waals surface area contributed by atoms with E-state index in [4.69, 9.17) is 23.9 Å². The predicted molar refractivity (Wildman–Crippen MR) is 191 cm³/mol. The second kappa shape index (κ2) is 13.8. The number of methoxy groups -OCH3 is 1. The minimum atomic E-state index is -0.985. The van der Waals surface area contributed by atoms with Crippen molar-refractivity contribution in [3.05, 3.63) is 83.1 Å². The number of anilines is 1. The van der Waals surface area contributed by atoms with Crippen LogP contribution in [-0.4, -0.2) is 59.5 Å². The third-order valence-corrected chi connectivity index (χ3v) is 9.73. The second-order valence-electron chi connectivity index (χ2n) is 14.7. The summed E-state index contributed by atoms with van der Waals surface area (Å²) in [6.45, 7) is 15.6. The fraction of sp³-hybridized carbons (Fsp3) is 0.450. The predicted octanol–water partition coefficient (Wildman–Crippen LogP) is 8.70. The number of aryl methyl sites for hydroxylation is 1. The molecular weight excluding hydrogens is 640 g/mol. The molecule has 266 valence electrons. The van der Waals surface area contributed by atoms with Gasteiger partial charge in [-0.1, -0.05) is 30.4 Å². The summed E-state index contributed by atoms with van der Waals surface area (Å²) >= 11 is 0. The number of pyridine rings is 1. The number of hydrogen-bond acceptors (Lipinski definition) is 7. The van der Waals surface area contributed by atoms with E-state index < -0.39 is 29.3 Å². The summed E-state index contributed by atoms with van der Waals surface area (Å²) < 4.78 is 55.8. The number of carbonyl (C=O) groups is 1. The Morgan fingerprint density at radius 1 is 1.04 bits per heavy atom. The number of fused-ring (bicyclic) bond motifs is 7. The van der Waals surface area contributed by atoms with Crippen molar-refractivity contribution in [2.75, 3.05) is 31.7 Å². The molecule has 0 radical (unpaired) electrons. The molecule has 1 saturated heterocycles. The van der Waals surface area contributed by atoms with Gasteiger partial charge in [0, 0.05) is 48.5 Å². The van der Waals surface area contributed by atoms with Crippen LogP contribution in [0.15, 0.2) is 54.7 Å². The van der Waals surface area contributed by atoms with Crippen molar-refractivity contribution in [3.63, 3.8) is 0 Å². The molecule has 10 heteroatoms. The Labute approximate surface area is 293 Å². The number of halogens is 2. The van der Waals surface area contributed by atoms with E-state index in [1.54, 1.807) is 0 Å². The van der Waals surface area contributed by atoms with E-state index in [0.29, 0.717) is 42.9 Å². The fourth-order valence-electron chi connectivity index (χ4n) is 6.84. The van der Waals surface area contributed by atoms with Gasteiger partial charge in [0.05, 0.1) is 36.7 Å². The van der Waals surface area contributed by atoms with Crippen LogP contribution in [0.25, 0.3) is 28.0 Å². The van der Waals surface area contributed by atoms with Gasteiger partial charge in [-0.15, -0.1) is 0 Å². The molecule has 5 heterocycles. The van der Waals surface area contributed by atoms with Gasteiger partial charge in [-0.2, -0.15) is 0 Å². The van der Waals surface area contributed by atoms with Crippen molar-refractivity contribution in [2.45, 2.75) is 91.1 Å². The minimum absolute atomic E-state index is 0.256. The lowest BCUT2D eigenvalue weighted by Crippen LogP contribution is -2.45. The highest BCUT2D eigenvalue weighted by molar-refractivity contribution is 5.82. The van der Waals surface area contributed by atoms with E-state index in [-0.39, 0.29) is 17.5 Å². The Morgan fingerprint density at radius 2 is 1.74 bits per heavy atom. The van der Waals surface area contributed by atoms with Crippen LogP contribution in [0, 0.1) is 25.5 Å². The molecule has 2 aromatic heterocycles. The highest BCUT2D eigenvalue weighted by atomic mass is 19.2. The number of imidazole rings is 1. The Morgan fingerprint density at radius 3 is 2.44 bits per heavy atom. The quantitative estimate of drug-likeness (QED) is 0.158. The molecule has 0 saturated carbocycles. The Balaban J connectivity index is 1.59. The van der Waals surface area contributed by atoms with Crippen molar-refractivity contribution in [1.82, 2.24) is 9.38 Å². The number of carbonyl (C=O) groups excluding carboxylic acids is 1. The molecule has 0 spiro atoms. The van der Waals surface area contributed by atoms with Gasteiger partial charge in [0.25, 0.3) is 0 Å². The molecule has 7 rings (SSSR count). The van der Waals surface area contributed by atoms with Crippen LogP contribution < -0.4 is 9.64 Å². The van der Waals surface area contributed by atoms with Crippen molar-refractivity contribution >= 4 is 17.4 Å². The molecule has 2 aromatic carbocycles. The first-order valence-corrected chi connectivity index (χ1v) is 17.3. The first-order valence-electron chi connectivity index (χ1n) is 17.3. The van der Waals surface area contributed by atoms with Crippen LogP contribution in [0.4, 0.5) is 14.6 Å². The first kappa shape index (κ1) is 35.5. The Bertz CT molecular complexity index is 1940. The number of esters is 1.